The fourth-order valence-corrected chi connectivity index (χ4v) is 2.43. The lowest BCUT2D eigenvalue weighted by molar-refractivity contribution is -0.115. The van der Waals surface area contributed by atoms with Crippen LogP contribution in [0.4, 0.5) is 0 Å². The van der Waals surface area contributed by atoms with Gasteiger partial charge in [-0.25, -0.2) is 0 Å². The zero-order chi connectivity index (χ0) is 10.6. The predicted octanol–water partition coefficient (Wildman–Crippen LogP) is 3.36. The van der Waals surface area contributed by atoms with Crippen molar-refractivity contribution in [1.82, 2.24) is 0 Å². The first-order chi connectivity index (χ1) is 6.69. The molecule has 0 unspecified atom stereocenters. The van der Waals surface area contributed by atoms with Crippen molar-refractivity contribution in [3.8, 4) is 0 Å². The summed E-state index contributed by atoms with van der Waals surface area (Å²) in [6.07, 6.45) is 1.56. The summed E-state index contributed by atoms with van der Waals surface area (Å²) >= 11 is 5.50. The molecule has 0 saturated carbocycles. The van der Waals surface area contributed by atoms with E-state index in [1.165, 1.54) is 9.13 Å². The van der Waals surface area contributed by atoms with E-state index < -0.39 is 0 Å². The summed E-state index contributed by atoms with van der Waals surface area (Å²) in [7, 11) is 0. The van der Waals surface area contributed by atoms with Crippen molar-refractivity contribution in [2.75, 3.05) is 5.33 Å². The monoisotopic (exact) mass is 366 g/mol. The van der Waals surface area contributed by atoms with Gasteiger partial charge in [0, 0.05) is 9.99 Å². The Hall–Kier alpha value is 0.100. The molecule has 0 bridgehead atoms. The summed E-state index contributed by atoms with van der Waals surface area (Å²) in [5, 5.41) is 0.444. The van der Waals surface area contributed by atoms with Crippen LogP contribution < -0.4 is 0 Å². The lowest BCUT2D eigenvalue weighted by atomic mass is 10.1. The number of Topliss-reactive ketones (excluding diaryl/α,β-unsaturated/α-hetero) is 1. The normalized spacial score (nSPS) is 10.2. The Labute approximate surface area is 107 Å². The van der Waals surface area contributed by atoms with Gasteiger partial charge in [-0.15, -0.1) is 0 Å². The largest absolute Gasteiger partial charge is 0.298 e. The first-order valence-corrected chi connectivity index (χ1v) is 6.73. The van der Waals surface area contributed by atoms with Crippen molar-refractivity contribution in [1.29, 1.82) is 0 Å². The van der Waals surface area contributed by atoms with Gasteiger partial charge in [0.05, 0.1) is 5.33 Å². The number of benzene rings is 1. The van der Waals surface area contributed by atoms with Crippen LogP contribution in [0.3, 0.4) is 0 Å². The van der Waals surface area contributed by atoms with Gasteiger partial charge in [0.15, 0.2) is 0 Å². The molecule has 1 aromatic rings. The Bertz CT molecular complexity index is 336. The fraction of sp³-hybridized carbons (Fsp3) is 0.364. The Balaban J connectivity index is 2.92. The van der Waals surface area contributed by atoms with Crippen LogP contribution in [0.25, 0.3) is 0 Å². The molecule has 0 aromatic heterocycles. The molecule has 1 nitrogen and oxygen atoms in total. The zero-order valence-corrected chi connectivity index (χ0v) is 11.8. The third kappa shape index (κ3) is 3.05. The second-order valence-electron chi connectivity index (χ2n) is 3.09. The second-order valence-corrected chi connectivity index (χ2v) is 4.73. The maximum absolute atomic E-state index is 11.3. The van der Waals surface area contributed by atoms with E-state index in [-0.39, 0.29) is 5.78 Å². The topological polar surface area (TPSA) is 17.1 Å². The first kappa shape index (κ1) is 12.2. The highest BCUT2D eigenvalue weighted by molar-refractivity contribution is 14.1. The smallest absolute Gasteiger partial charge is 0.147 e. The summed E-state index contributed by atoms with van der Waals surface area (Å²) in [4.78, 5) is 11.3. The van der Waals surface area contributed by atoms with Gasteiger partial charge >= 0.3 is 0 Å². The molecule has 0 saturated heterocycles. The summed E-state index contributed by atoms with van der Waals surface area (Å²) in [5.41, 5.74) is 2.47. The third-order valence-corrected chi connectivity index (χ3v) is 4.09. The highest BCUT2D eigenvalue weighted by Crippen LogP contribution is 2.18. The molecule has 3 heteroatoms. The van der Waals surface area contributed by atoms with Gasteiger partial charge in [0.25, 0.3) is 0 Å². The fourth-order valence-electron chi connectivity index (χ4n) is 1.30. The van der Waals surface area contributed by atoms with Crippen molar-refractivity contribution in [3.05, 3.63) is 32.9 Å². The summed E-state index contributed by atoms with van der Waals surface area (Å²) in [5.74, 6) is 0.233. The molecule has 0 spiro atoms. The van der Waals surface area contributed by atoms with Crippen LogP contribution in [0.1, 0.15) is 18.1 Å². The van der Waals surface area contributed by atoms with Crippen LogP contribution in [-0.2, 0) is 17.6 Å². The molecule has 1 rings (SSSR count). The van der Waals surface area contributed by atoms with Gasteiger partial charge in [-0.05, 0) is 40.1 Å². The van der Waals surface area contributed by atoms with Crippen LogP contribution in [0.5, 0.6) is 0 Å². The van der Waals surface area contributed by atoms with Crippen LogP contribution in [-0.4, -0.2) is 11.1 Å². The second kappa shape index (κ2) is 5.85. The van der Waals surface area contributed by atoms with E-state index in [1.807, 2.05) is 12.1 Å². The number of ketones is 1. The van der Waals surface area contributed by atoms with Crippen molar-refractivity contribution >= 4 is 44.3 Å². The molecule has 0 amide bonds. The van der Waals surface area contributed by atoms with Crippen molar-refractivity contribution in [2.45, 2.75) is 19.8 Å². The van der Waals surface area contributed by atoms with Crippen LogP contribution in [0.15, 0.2) is 18.2 Å². The molecule has 0 aliphatic heterocycles. The summed E-state index contributed by atoms with van der Waals surface area (Å²) < 4.78 is 1.24. The highest BCUT2D eigenvalue weighted by atomic mass is 127. The number of hydrogen-bond acceptors (Lipinski definition) is 1. The van der Waals surface area contributed by atoms with Gasteiger partial charge < -0.3 is 0 Å². The minimum Gasteiger partial charge on any atom is -0.298 e. The lowest BCUT2D eigenvalue weighted by Gasteiger charge is -2.06. The number of carbonyl (C=O) groups excluding carboxylic acids is 1. The molecule has 0 atom stereocenters. The molecular formula is C11H12BrIO. The summed E-state index contributed by atoms with van der Waals surface area (Å²) in [6, 6.07) is 6.17. The predicted molar refractivity (Wildman–Crippen MR) is 71.0 cm³/mol. The molecule has 0 heterocycles. The molecule has 0 aliphatic carbocycles. The number of carbonyl (C=O) groups is 1. The number of halogens is 2. The SMILES string of the molecule is CCc1cccc(CC(=O)CBr)c1I. The maximum Gasteiger partial charge on any atom is 0.147 e. The minimum atomic E-state index is 0.233. The van der Waals surface area contributed by atoms with Gasteiger partial charge in [-0.3, -0.25) is 4.79 Å². The van der Waals surface area contributed by atoms with E-state index in [0.717, 1.165) is 12.0 Å². The van der Waals surface area contributed by atoms with Crippen LogP contribution >= 0.6 is 38.5 Å². The molecule has 0 aliphatic rings. The molecular weight excluding hydrogens is 355 g/mol. The zero-order valence-electron chi connectivity index (χ0n) is 8.02. The number of rotatable bonds is 4. The van der Waals surface area contributed by atoms with Crippen LogP contribution in [0.2, 0.25) is 0 Å². The Morgan fingerprint density at radius 1 is 1.43 bits per heavy atom. The van der Waals surface area contributed by atoms with E-state index in [0.29, 0.717) is 11.8 Å². The van der Waals surface area contributed by atoms with Crippen LogP contribution in [0, 0.1) is 3.57 Å². The standard InChI is InChI=1S/C11H12BrIO/c1-2-8-4-3-5-9(11(8)13)6-10(14)7-12/h3-5H,2,6-7H2,1H3. The molecule has 0 radical (unpaired) electrons. The number of alkyl halides is 1. The Morgan fingerprint density at radius 2 is 2.07 bits per heavy atom. The molecule has 0 fully saturated rings. The average molecular weight is 367 g/mol. The first-order valence-electron chi connectivity index (χ1n) is 4.53. The average Bonchev–Trinajstić information content (AvgIpc) is 2.21. The van der Waals surface area contributed by atoms with E-state index in [4.69, 9.17) is 0 Å². The lowest BCUT2D eigenvalue weighted by Crippen LogP contribution is -2.06. The minimum absolute atomic E-state index is 0.233. The van der Waals surface area contributed by atoms with Gasteiger partial charge in [0.1, 0.15) is 5.78 Å². The Morgan fingerprint density at radius 3 is 2.64 bits per heavy atom. The summed E-state index contributed by atoms with van der Waals surface area (Å²) in [6.45, 7) is 2.13. The molecule has 76 valence electrons. The molecule has 1 aromatic carbocycles. The maximum atomic E-state index is 11.3. The quantitative estimate of drug-likeness (QED) is 0.589. The Kier molecular flexibility index (Phi) is 5.09. The van der Waals surface area contributed by atoms with Crippen molar-refractivity contribution < 1.29 is 4.79 Å². The van der Waals surface area contributed by atoms with E-state index in [2.05, 4.69) is 51.5 Å². The molecule has 14 heavy (non-hydrogen) atoms. The van der Waals surface area contributed by atoms with Crippen molar-refractivity contribution in [2.24, 2.45) is 0 Å². The van der Waals surface area contributed by atoms with Gasteiger partial charge in [-0.2, -0.15) is 0 Å². The number of hydrogen-bond donors (Lipinski definition) is 0. The van der Waals surface area contributed by atoms with E-state index in [1.54, 1.807) is 0 Å². The molecule has 0 N–H and O–H groups in total. The van der Waals surface area contributed by atoms with E-state index >= 15 is 0 Å². The van der Waals surface area contributed by atoms with E-state index in [9.17, 15) is 4.79 Å². The van der Waals surface area contributed by atoms with Gasteiger partial charge in [0.2, 0.25) is 0 Å². The number of aryl methyl sites for hydroxylation is 1. The third-order valence-electron chi connectivity index (χ3n) is 2.08. The van der Waals surface area contributed by atoms with Crippen molar-refractivity contribution in [3.63, 3.8) is 0 Å². The highest BCUT2D eigenvalue weighted by Gasteiger charge is 2.07. The van der Waals surface area contributed by atoms with Gasteiger partial charge in [-0.1, -0.05) is 41.1 Å².